The van der Waals surface area contributed by atoms with Gasteiger partial charge >= 0.3 is 0 Å². The molecule has 0 fully saturated rings. The van der Waals surface area contributed by atoms with E-state index < -0.39 is 10.7 Å². The van der Waals surface area contributed by atoms with Crippen molar-refractivity contribution in [2.45, 2.75) is 13.5 Å². The minimum absolute atomic E-state index is 0.0646. The van der Waals surface area contributed by atoms with Crippen LogP contribution in [-0.2, 0) is 6.54 Å². The van der Waals surface area contributed by atoms with Crippen molar-refractivity contribution in [1.29, 1.82) is 0 Å². The first-order valence-electron chi connectivity index (χ1n) is 6.01. The number of halogens is 3. The van der Waals surface area contributed by atoms with Gasteiger partial charge in [0.05, 0.1) is 9.40 Å². The lowest BCUT2D eigenvalue weighted by molar-refractivity contribution is -0.385. The van der Waals surface area contributed by atoms with Crippen LogP contribution in [0.25, 0.3) is 0 Å². The van der Waals surface area contributed by atoms with E-state index in [1.165, 1.54) is 12.1 Å². The molecule has 0 aliphatic carbocycles. The molecule has 0 aromatic heterocycles. The van der Waals surface area contributed by atoms with Crippen LogP contribution >= 0.6 is 27.5 Å². The van der Waals surface area contributed by atoms with Gasteiger partial charge in [-0.3, -0.25) is 10.1 Å². The Hall–Kier alpha value is -1.66. The van der Waals surface area contributed by atoms with Gasteiger partial charge in [0.2, 0.25) is 0 Å². The van der Waals surface area contributed by atoms with Crippen LogP contribution < -0.4 is 5.32 Å². The Labute approximate surface area is 134 Å². The van der Waals surface area contributed by atoms with Crippen LogP contribution in [0.3, 0.4) is 0 Å². The summed E-state index contributed by atoms with van der Waals surface area (Å²) in [6.45, 7) is 2.03. The monoisotopic (exact) mass is 372 g/mol. The van der Waals surface area contributed by atoms with Gasteiger partial charge in [0.25, 0.3) is 5.69 Å². The first-order valence-corrected chi connectivity index (χ1v) is 7.18. The van der Waals surface area contributed by atoms with Gasteiger partial charge in [0.1, 0.15) is 5.82 Å². The molecule has 0 saturated carbocycles. The van der Waals surface area contributed by atoms with E-state index in [9.17, 15) is 14.5 Å². The van der Waals surface area contributed by atoms with Crippen LogP contribution in [0.5, 0.6) is 0 Å². The third-order valence-electron chi connectivity index (χ3n) is 2.98. The number of hydrogen-bond donors (Lipinski definition) is 1. The molecule has 2 rings (SSSR count). The number of rotatable bonds is 4. The molecule has 1 N–H and O–H groups in total. The molecule has 0 heterocycles. The fourth-order valence-electron chi connectivity index (χ4n) is 1.88. The van der Waals surface area contributed by atoms with Crippen LogP contribution in [0.15, 0.2) is 34.8 Å². The molecule has 7 heteroatoms. The van der Waals surface area contributed by atoms with Gasteiger partial charge in [-0.15, -0.1) is 0 Å². The standard InChI is InChI=1S/C14H11BrClFN2O2/c1-8-4-11(15)12(17)6-13(8)18-7-9-2-3-10(16)5-14(9)19(20)21/h2-6,18H,7H2,1H3. The largest absolute Gasteiger partial charge is 0.380 e. The number of nitrogens with one attached hydrogen (secondary N) is 1. The van der Waals surface area contributed by atoms with Crippen LogP contribution in [0.2, 0.25) is 5.02 Å². The van der Waals surface area contributed by atoms with E-state index in [2.05, 4.69) is 21.2 Å². The van der Waals surface area contributed by atoms with Crippen molar-refractivity contribution in [2.75, 3.05) is 5.32 Å². The topological polar surface area (TPSA) is 55.2 Å². The molecule has 2 aromatic carbocycles. The Balaban J connectivity index is 2.25. The van der Waals surface area contributed by atoms with Gasteiger partial charge in [0.15, 0.2) is 0 Å². The molecule has 2 aromatic rings. The molecule has 21 heavy (non-hydrogen) atoms. The zero-order valence-corrected chi connectivity index (χ0v) is 13.3. The molecule has 0 amide bonds. The predicted molar refractivity (Wildman–Crippen MR) is 84.3 cm³/mol. The van der Waals surface area contributed by atoms with Gasteiger partial charge in [-0.05, 0) is 52.7 Å². The summed E-state index contributed by atoms with van der Waals surface area (Å²) in [6, 6.07) is 7.46. The van der Waals surface area contributed by atoms with E-state index in [0.717, 1.165) is 5.56 Å². The van der Waals surface area contributed by atoms with Crippen molar-refractivity contribution in [3.05, 3.63) is 66.9 Å². The summed E-state index contributed by atoms with van der Waals surface area (Å²) < 4.78 is 13.9. The highest BCUT2D eigenvalue weighted by atomic mass is 79.9. The fourth-order valence-corrected chi connectivity index (χ4v) is 2.51. The molecular weight excluding hydrogens is 363 g/mol. The van der Waals surface area contributed by atoms with Crippen molar-refractivity contribution in [1.82, 2.24) is 0 Å². The first kappa shape index (κ1) is 15.7. The molecule has 0 radical (unpaired) electrons. The third kappa shape index (κ3) is 3.71. The lowest BCUT2D eigenvalue weighted by Crippen LogP contribution is -2.04. The smallest absolute Gasteiger partial charge is 0.275 e. The highest BCUT2D eigenvalue weighted by molar-refractivity contribution is 9.10. The van der Waals surface area contributed by atoms with Crippen molar-refractivity contribution in [3.8, 4) is 0 Å². The quantitative estimate of drug-likeness (QED) is 0.601. The van der Waals surface area contributed by atoms with E-state index in [-0.39, 0.29) is 12.2 Å². The van der Waals surface area contributed by atoms with Crippen LogP contribution in [0.4, 0.5) is 15.8 Å². The maximum Gasteiger partial charge on any atom is 0.275 e. The second-order valence-corrected chi connectivity index (χ2v) is 5.76. The second-order valence-electron chi connectivity index (χ2n) is 4.46. The highest BCUT2D eigenvalue weighted by Crippen LogP contribution is 2.27. The molecule has 4 nitrogen and oxygen atoms in total. The van der Waals surface area contributed by atoms with Gasteiger partial charge in [-0.2, -0.15) is 0 Å². The number of benzene rings is 2. The summed E-state index contributed by atoms with van der Waals surface area (Å²) in [6.07, 6.45) is 0. The Morgan fingerprint density at radius 2 is 2.10 bits per heavy atom. The van der Waals surface area contributed by atoms with E-state index in [1.54, 1.807) is 18.2 Å². The average molecular weight is 374 g/mol. The molecule has 0 saturated heterocycles. The zero-order chi connectivity index (χ0) is 15.6. The molecule has 0 unspecified atom stereocenters. The average Bonchev–Trinajstić information content (AvgIpc) is 2.42. The molecule has 0 spiro atoms. The van der Waals surface area contributed by atoms with Crippen LogP contribution in [-0.4, -0.2) is 4.92 Å². The Kier molecular flexibility index (Phi) is 4.80. The first-order chi connectivity index (χ1) is 9.88. The van der Waals surface area contributed by atoms with Gasteiger partial charge in [-0.25, -0.2) is 4.39 Å². The molecule has 0 aliphatic heterocycles. The van der Waals surface area contributed by atoms with Gasteiger partial charge in [-0.1, -0.05) is 11.6 Å². The van der Waals surface area contributed by atoms with Crippen LogP contribution in [0, 0.1) is 22.9 Å². The van der Waals surface area contributed by atoms with E-state index >= 15 is 0 Å². The molecule has 0 atom stereocenters. The van der Waals surface area contributed by atoms with E-state index in [1.807, 2.05) is 6.92 Å². The van der Waals surface area contributed by atoms with E-state index in [4.69, 9.17) is 11.6 Å². The summed E-state index contributed by atoms with van der Waals surface area (Å²) in [5.41, 5.74) is 1.83. The normalized spacial score (nSPS) is 10.5. The SMILES string of the molecule is Cc1cc(Br)c(F)cc1NCc1ccc(Cl)cc1[N+](=O)[O-]. The minimum Gasteiger partial charge on any atom is -0.380 e. The predicted octanol–water partition coefficient (Wildman–Crippen LogP) is 5.07. The fraction of sp³-hybridized carbons (Fsp3) is 0.143. The lowest BCUT2D eigenvalue weighted by atomic mass is 10.1. The molecule has 0 aliphatic rings. The number of nitro groups is 1. The van der Waals surface area contributed by atoms with Crippen molar-refractivity contribution < 1.29 is 9.31 Å². The molecule has 0 bridgehead atoms. The van der Waals surface area contributed by atoms with Gasteiger partial charge < -0.3 is 5.32 Å². The summed E-state index contributed by atoms with van der Waals surface area (Å²) in [5.74, 6) is -0.395. The highest BCUT2D eigenvalue weighted by Gasteiger charge is 2.14. The zero-order valence-electron chi connectivity index (χ0n) is 11.0. The lowest BCUT2D eigenvalue weighted by Gasteiger charge is -2.11. The maximum atomic E-state index is 13.5. The van der Waals surface area contributed by atoms with Gasteiger partial charge in [0, 0.05) is 28.9 Å². The number of aryl methyl sites for hydroxylation is 1. The summed E-state index contributed by atoms with van der Waals surface area (Å²) in [4.78, 5) is 10.5. The minimum atomic E-state index is -0.488. The number of nitro benzene ring substituents is 1. The Morgan fingerprint density at radius 3 is 2.76 bits per heavy atom. The summed E-state index contributed by atoms with van der Waals surface area (Å²) >= 11 is 8.87. The second kappa shape index (κ2) is 6.41. The summed E-state index contributed by atoms with van der Waals surface area (Å²) in [5, 5.41) is 14.3. The summed E-state index contributed by atoms with van der Waals surface area (Å²) in [7, 11) is 0. The third-order valence-corrected chi connectivity index (χ3v) is 3.82. The number of nitrogens with zero attached hydrogens (tertiary/aromatic N) is 1. The van der Waals surface area contributed by atoms with Crippen molar-refractivity contribution >= 4 is 38.9 Å². The number of anilines is 1. The molecule has 110 valence electrons. The maximum absolute atomic E-state index is 13.5. The number of hydrogen-bond acceptors (Lipinski definition) is 3. The van der Waals surface area contributed by atoms with E-state index in [0.29, 0.717) is 20.7 Å². The van der Waals surface area contributed by atoms with Crippen molar-refractivity contribution in [3.63, 3.8) is 0 Å². The van der Waals surface area contributed by atoms with Crippen molar-refractivity contribution in [2.24, 2.45) is 0 Å². The Bertz CT molecular complexity index is 710. The Morgan fingerprint density at radius 1 is 1.38 bits per heavy atom. The molecular formula is C14H11BrClFN2O2. The van der Waals surface area contributed by atoms with Crippen LogP contribution in [0.1, 0.15) is 11.1 Å².